The molecule has 0 spiro atoms. The topological polar surface area (TPSA) is 42.0 Å². The molecule has 0 aliphatic rings. The molecule has 3 rings (SSSR count). The molecule has 3 aromatic rings. The summed E-state index contributed by atoms with van der Waals surface area (Å²) in [5.41, 5.74) is 4.38. The van der Waals surface area contributed by atoms with Crippen molar-refractivity contribution in [3.63, 3.8) is 0 Å². The first kappa shape index (κ1) is 16.7. The molecule has 122 valence electrons. The molecule has 0 fully saturated rings. The van der Waals surface area contributed by atoms with Crippen LogP contribution in [0.3, 0.4) is 0 Å². The molecule has 1 heterocycles. The van der Waals surface area contributed by atoms with E-state index in [-0.39, 0.29) is 5.91 Å². The van der Waals surface area contributed by atoms with Crippen LogP contribution < -0.4 is 5.32 Å². The maximum absolute atomic E-state index is 12.6. The van der Waals surface area contributed by atoms with Gasteiger partial charge in [0.1, 0.15) is 10.7 Å². The second-order valence-electron chi connectivity index (χ2n) is 5.46. The molecule has 2 aromatic carbocycles. The minimum Gasteiger partial charge on any atom is -0.320 e. The molecule has 0 bridgehead atoms. The molecule has 0 aliphatic carbocycles. The molecule has 3 nitrogen and oxygen atoms in total. The van der Waals surface area contributed by atoms with Gasteiger partial charge in [-0.2, -0.15) is 0 Å². The van der Waals surface area contributed by atoms with Crippen molar-refractivity contribution < 1.29 is 4.79 Å². The number of para-hydroxylation sites is 1. The highest BCUT2D eigenvalue weighted by Crippen LogP contribution is 2.27. The summed E-state index contributed by atoms with van der Waals surface area (Å²) < 4.78 is 0. The van der Waals surface area contributed by atoms with Crippen molar-refractivity contribution in [1.29, 1.82) is 0 Å². The van der Waals surface area contributed by atoms with E-state index in [4.69, 9.17) is 11.6 Å². The van der Waals surface area contributed by atoms with Gasteiger partial charge >= 0.3 is 0 Å². The molecule has 0 saturated carbocycles. The predicted octanol–water partition coefficient (Wildman–Crippen LogP) is 5.59. The summed E-state index contributed by atoms with van der Waals surface area (Å²) in [7, 11) is 0. The van der Waals surface area contributed by atoms with Crippen LogP contribution in [0.15, 0.2) is 47.8 Å². The molecule has 0 saturated heterocycles. The Morgan fingerprint density at radius 1 is 1.25 bits per heavy atom. The Labute approximate surface area is 150 Å². The number of aromatic nitrogens is 1. The second-order valence-corrected chi connectivity index (χ2v) is 6.76. The van der Waals surface area contributed by atoms with Crippen molar-refractivity contribution in [2.75, 3.05) is 5.32 Å². The van der Waals surface area contributed by atoms with Gasteiger partial charge < -0.3 is 5.32 Å². The lowest BCUT2D eigenvalue weighted by Gasteiger charge is -2.12. The molecule has 24 heavy (non-hydrogen) atoms. The smallest absolute Gasteiger partial charge is 0.275 e. The van der Waals surface area contributed by atoms with E-state index in [0.717, 1.165) is 33.8 Å². The Morgan fingerprint density at radius 2 is 2.04 bits per heavy atom. The van der Waals surface area contributed by atoms with Gasteiger partial charge in [-0.1, -0.05) is 48.9 Å². The van der Waals surface area contributed by atoms with E-state index in [1.807, 2.05) is 49.4 Å². The number of thiazole rings is 1. The van der Waals surface area contributed by atoms with Crippen LogP contribution in [-0.2, 0) is 6.42 Å². The Kier molecular flexibility index (Phi) is 4.97. The van der Waals surface area contributed by atoms with Gasteiger partial charge in [0.2, 0.25) is 0 Å². The van der Waals surface area contributed by atoms with Gasteiger partial charge in [-0.15, -0.1) is 11.3 Å². The number of nitrogens with zero attached hydrogens (tertiary/aromatic N) is 1. The van der Waals surface area contributed by atoms with Crippen molar-refractivity contribution >= 4 is 34.5 Å². The molecule has 0 radical (unpaired) electrons. The number of halogens is 1. The van der Waals surface area contributed by atoms with Gasteiger partial charge in [0.05, 0.1) is 0 Å². The zero-order chi connectivity index (χ0) is 17.1. The Bertz CT molecular complexity index is 889. The summed E-state index contributed by atoms with van der Waals surface area (Å²) in [4.78, 5) is 17.0. The molecular weight excluding hydrogens is 340 g/mol. The van der Waals surface area contributed by atoms with Crippen molar-refractivity contribution in [2.45, 2.75) is 20.3 Å². The lowest BCUT2D eigenvalue weighted by Crippen LogP contribution is -2.14. The first-order chi connectivity index (χ1) is 11.6. The summed E-state index contributed by atoms with van der Waals surface area (Å²) in [6.45, 7) is 4.07. The highest BCUT2D eigenvalue weighted by molar-refractivity contribution is 7.13. The summed E-state index contributed by atoms with van der Waals surface area (Å²) in [6, 6.07) is 13.5. The van der Waals surface area contributed by atoms with Crippen LogP contribution >= 0.6 is 22.9 Å². The van der Waals surface area contributed by atoms with Crippen LogP contribution in [-0.4, -0.2) is 10.9 Å². The maximum Gasteiger partial charge on any atom is 0.275 e. The highest BCUT2D eigenvalue weighted by Gasteiger charge is 2.14. The van der Waals surface area contributed by atoms with Gasteiger partial charge in [-0.05, 0) is 36.6 Å². The fourth-order valence-corrected chi connectivity index (χ4v) is 3.50. The van der Waals surface area contributed by atoms with Crippen molar-refractivity contribution in [1.82, 2.24) is 4.98 Å². The van der Waals surface area contributed by atoms with Crippen molar-refractivity contribution in [3.05, 3.63) is 69.7 Å². The second kappa shape index (κ2) is 7.16. The third-order valence-electron chi connectivity index (χ3n) is 3.79. The third-order valence-corrected chi connectivity index (χ3v) is 4.91. The Balaban J connectivity index is 1.85. The van der Waals surface area contributed by atoms with E-state index in [1.54, 1.807) is 5.38 Å². The van der Waals surface area contributed by atoms with Gasteiger partial charge in [-0.3, -0.25) is 4.79 Å². The van der Waals surface area contributed by atoms with Crippen molar-refractivity contribution in [2.24, 2.45) is 0 Å². The third kappa shape index (κ3) is 3.50. The van der Waals surface area contributed by atoms with Crippen molar-refractivity contribution in [3.8, 4) is 10.6 Å². The Hall–Kier alpha value is -2.17. The fraction of sp³-hybridized carbons (Fsp3) is 0.158. The molecule has 0 unspecified atom stereocenters. The lowest BCUT2D eigenvalue weighted by atomic mass is 10.1. The normalized spacial score (nSPS) is 10.6. The fourth-order valence-electron chi connectivity index (χ4n) is 2.51. The molecule has 5 heteroatoms. The number of hydrogen-bond acceptors (Lipinski definition) is 3. The monoisotopic (exact) mass is 356 g/mol. The highest BCUT2D eigenvalue weighted by atomic mass is 35.5. The number of aryl methyl sites for hydroxylation is 2. The van der Waals surface area contributed by atoms with E-state index < -0.39 is 0 Å². The average Bonchev–Trinajstić information content (AvgIpc) is 3.07. The van der Waals surface area contributed by atoms with Crippen LogP contribution in [0, 0.1) is 6.92 Å². The zero-order valence-electron chi connectivity index (χ0n) is 13.5. The number of hydrogen-bond donors (Lipinski definition) is 1. The number of carbonyl (C=O) groups is 1. The molecular formula is C19H17ClN2OS. The number of rotatable bonds is 4. The number of anilines is 1. The van der Waals surface area contributed by atoms with Crippen LogP contribution in [0.2, 0.25) is 5.02 Å². The van der Waals surface area contributed by atoms with Crippen LogP contribution in [0.4, 0.5) is 5.69 Å². The van der Waals surface area contributed by atoms with Crippen LogP contribution in [0.1, 0.15) is 28.5 Å². The first-order valence-electron chi connectivity index (χ1n) is 7.69. The quantitative estimate of drug-likeness (QED) is 0.662. The summed E-state index contributed by atoms with van der Waals surface area (Å²) in [5.74, 6) is -0.191. The number of amides is 1. The van der Waals surface area contributed by atoms with E-state index in [9.17, 15) is 4.79 Å². The van der Waals surface area contributed by atoms with Crippen LogP contribution in [0.25, 0.3) is 10.6 Å². The number of benzene rings is 2. The molecule has 0 aliphatic heterocycles. The predicted molar refractivity (Wildman–Crippen MR) is 101 cm³/mol. The van der Waals surface area contributed by atoms with Crippen LogP contribution in [0.5, 0.6) is 0 Å². The number of carbonyl (C=O) groups excluding carboxylic acids is 1. The average molecular weight is 357 g/mol. The molecule has 1 amide bonds. The van der Waals surface area contributed by atoms with E-state index >= 15 is 0 Å². The summed E-state index contributed by atoms with van der Waals surface area (Å²) in [6.07, 6.45) is 0.863. The van der Waals surface area contributed by atoms with E-state index in [1.165, 1.54) is 11.3 Å². The SMILES string of the molecule is CCc1cccc(C)c1NC(=O)c1csc(-c2cccc(Cl)c2)n1. The standard InChI is InChI=1S/C19H17ClN2OS/c1-3-13-7-4-6-12(2)17(13)22-18(23)16-11-24-19(21-16)14-8-5-9-15(20)10-14/h4-11H,3H2,1-2H3,(H,22,23). The van der Waals surface area contributed by atoms with E-state index in [0.29, 0.717) is 10.7 Å². The van der Waals surface area contributed by atoms with Gasteiger partial charge in [0.25, 0.3) is 5.91 Å². The van der Waals surface area contributed by atoms with Gasteiger partial charge in [0.15, 0.2) is 0 Å². The van der Waals surface area contributed by atoms with Gasteiger partial charge in [0, 0.05) is 21.7 Å². The lowest BCUT2D eigenvalue weighted by molar-refractivity contribution is 0.102. The molecule has 1 N–H and O–H groups in total. The zero-order valence-corrected chi connectivity index (χ0v) is 15.0. The molecule has 0 atom stereocenters. The van der Waals surface area contributed by atoms with Gasteiger partial charge in [-0.25, -0.2) is 4.98 Å². The maximum atomic E-state index is 12.6. The minimum absolute atomic E-state index is 0.191. The first-order valence-corrected chi connectivity index (χ1v) is 8.95. The number of nitrogens with one attached hydrogen (secondary N) is 1. The minimum atomic E-state index is -0.191. The Morgan fingerprint density at radius 3 is 2.79 bits per heavy atom. The summed E-state index contributed by atoms with van der Waals surface area (Å²) >= 11 is 7.45. The largest absolute Gasteiger partial charge is 0.320 e. The molecule has 1 aromatic heterocycles. The van der Waals surface area contributed by atoms with E-state index in [2.05, 4.69) is 17.2 Å². The summed E-state index contributed by atoms with van der Waals surface area (Å²) in [5, 5.41) is 6.21.